The van der Waals surface area contributed by atoms with Crippen LogP contribution in [0.2, 0.25) is 0 Å². The van der Waals surface area contributed by atoms with Crippen LogP contribution in [0.25, 0.3) is 22.6 Å². The maximum Gasteiger partial charge on any atom is 0.234 e. The Morgan fingerprint density at radius 2 is 1.84 bits per heavy atom. The number of amides is 1. The predicted octanol–water partition coefficient (Wildman–Crippen LogP) is 4.86. The van der Waals surface area contributed by atoms with Crippen LogP contribution < -0.4 is 5.32 Å². The number of aryl methyl sites for hydroxylation is 1. The minimum Gasteiger partial charge on any atom is -0.325 e. The van der Waals surface area contributed by atoms with Gasteiger partial charge < -0.3 is 9.88 Å². The van der Waals surface area contributed by atoms with E-state index in [1.54, 1.807) is 4.68 Å². The highest BCUT2D eigenvalue weighted by atomic mass is 79.9. The fourth-order valence-electron chi connectivity index (χ4n) is 3.20. The zero-order valence-corrected chi connectivity index (χ0v) is 19.5. The minimum absolute atomic E-state index is 0.0918. The predicted molar refractivity (Wildman–Crippen MR) is 127 cm³/mol. The number of thioether (sulfide) groups is 1. The van der Waals surface area contributed by atoms with Crippen molar-refractivity contribution in [1.29, 1.82) is 0 Å². The molecule has 0 unspecified atom stereocenters. The Morgan fingerprint density at radius 3 is 2.55 bits per heavy atom. The van der Waals surface area contributed by atoms with Crippen LogP contribution >= 0.6 is 27.7 Å². The van der Waals surface area contributed by atoms with Crippen LogP contribution in [0.4, 0.5) is 5.69 Å². The molecule has 2 aromatic carbocycles. The van der Waals surface area contributed by atoms with Gasteiger partial charge >= 0.3 is 0 Å². The van der Waals surface area contributed by atoms with Gasteiger partial charge in [0.1, 0.15) is 5.69 Å². The van der Waals surface area contributed by atoms with E-state index in [0.29, 0.717) is 11.7 Å². The van der Waals surface area contributed by atoms with Crippen molar-refractivity contribution in [3.63, 3.8) is 0 Å². The molecule has 0 atom stereocenters. The van der Waals surface area contributed by atoms with Gasteiger partial charge in [-0.1, -0.05) is 58.0 Å². The van der Waals surface area contributed by atoms with E-state index < -0.39 is 0 Å². The average molecular weight is 497 g/mol. The van der Waals surface area contributed by atoms with E-state index in [0.717, 1.165) is 32.8 Å². The summed E-state index contributed by atoms with van der Waals surface area (Å²) < 4.78 is 4.76. The van der Waals surface area contributed by atoms with Gasteiger partial charge in [0.25, 0.3) is 0 Å². The molecule has 0 bridgehead atoms. The van der Waals surface area contributed by atoms with Crippen molar-refractivity contribution in [3.05, 3.63) is 65.3 Å². The largest absolute Gasteiger partial charge is 0.325 e. The zero-order chi connectivity index (χ0) is 21.8. The number of nitrogens with one attached hydrogen (secondary N) is 1. The first-order valence-electron chi connectivity index (χ1n) is 9.76. The number of carbonyl (C=O) groups excluding carboxylic acids is 1. The van der Waals surface area contributed by atoms with Gasteiger partial charge in [-0.2, -0.15) is 5.10 Å². The third-order valence-electron chi connectivity index (χ3n) is 4.61. The molecule has 0 fully saturated rings. The van der Waals surface area contributed by atoms with E-state index in [-0.39, 0.29) is 11.7 Å². The molecular weight excluding hydrogens is 476 g/mol. The Labute approximate surface area is 193 Å². The second-order valence-electron chi connectivity index (χ2n) is 6.83. The van der Waals surface area contributed by atoms with Gasteiger partial charge in [-0.05, 0) is 31.2 Å². The lowest BCUT2D eigenvalue weighted by molar-refractivity contribution is -0.113. The number of anilines is 1. The summed E-state index contributed by atoms with van der Waals surface area (Å²) in [7, 11) is 1.89. The molecule has 0 spiro atoms. The first kappa shape index (κ1) is 21.3. The van der Waals surface area contributed by atoms with E-state index in [9.17, 15) is 4.79 Å². The Hall–Kier alpha value is -2.91. The molecule has 4 rings (SSSR count). The minimum atomic E-state index is -0.0918. The SMILES string of the molecule is CCn1c(SCC(=O)Nc2ccc(Br)cc2)nnc1-c1cn(C)nc1-c1ccccc1. The number of halogens is 1. The number of benzene rings is 2. The topological polar surface area (TPSA) is 77.6 Å². The molecular formula is C22H21BrN6OS. The zero-order valence-electron chi connectivity index (χ0n) is 17.1. The average Bonchev–Trinajstić information content (AvgIpc) is 3.37. The summed E-state index contributed by atoms with van der Waals surface area (Å²) in [6.45, 7) is 2.72. The fraction of sp³-hybridized carbons (Fsp3) is 0.182. The molecule has 1 N–H and O–H groups in total. The maximum atomic E-state index is 12.4. The van der Waals surface area contributed by atoms with Crippen molar-refractivity contribution in [2.24, 2.45) is 7.05 Å². The van der Waals surface area contributed by atoms with E-state index in [2.05, 4.69) is 36.5 Å². The molecule has 0 radical (unpaired) electrons. The van der Waals surface area contributed by atoms with Crippen LogP contribution in [0.3, 0.4) is 0 Å². The van der Waals surface area contributed by atoms with Gasteiger partial charge in [0, 0.05) is 35.5 Å². The summed E-state index contributed by atoms with van der Waals surface area (Å²) >= 11 is 4.76. The first-order chi connectivity index (χ1) is 15.0. The Balaban J connectivity index is 1.53. The molecule has 9 heteroatoms. The molecule has 31 heavy (non-hydrogen) atoms. The lowest BCUT2D eigenvalue weighted by Crippen LogP contribution is -2.14. The molecule has 1 amide bonds. The Kier molecular flexibility index (Phi) is 6.53. The molecule has 4 aromatic rings. The van der Waals surface area contributed by atoms with E-state index in [4.69, 9.17) is 0 Å². The van der Waals surface area contributed by atoms with Gasteiger partial charge in [-0.15, -0.1) is 10.2 Å². The lowest BCUT2D eigenvalue weighted by atomic mass is 10.1. The Bertz CT molecular complexity index is 1190. The molecule has 0 aliphatic heterocycles. The van der Waals surface area contributed by atoms with Crippen LogP contribution in [-0.2, 0) is 18.4 Å². The number of rotatable bonds is 7. The summed E-state index contributed by atoms with van der Waals surface area (Å²) in [6.07, 6.45) is 1.95. The molecule has 0 saturated heterocycles. The summed E-state index contributed by atoms with van der Waals surface area (Å²) in [5.41, 5.74) is 3.55. The van der Waals surface area contributed by atoms with Gasteiger partial charge in [0.05, 0.1) is 11.3 Å². The summed E-state index contributed by atoms with van der Waals surface area (Å²) in [6, 6.07) is 17.5. The second kappa shape index (κ2) is 9.49. The van der Waals surface area contributed by atoms with Crippen molar-refractivity contribution in [2.45, 2.75) is 18.6 Å². The second-order valence-corrected chi connectivity index (χ2v) is 8.68. The van der Waals surface area contributed by atoms with Crippen molar-refractivity contribution < 1.29 is 4.79 Å². The summed E-state index contributed by atoms with van der Waals surface area (Å²) in [5.74, 6) is 0.892. The third-order valence-corrected chi connectivity index (χ3v) is 6.11. The van der Waals surface area contributed by atoms with Crippen molar-refractivity contribution in [3.8, 4) is 22.6 Å². The number of aromatic nitrogens is 5. The van der Waals surface area contributed by atoms with Crippen LogP contribution in [0.15, 0.2) is 70.4 Å². The van der Waals surface area contributed by atoms with Gasteiger partial charge in [-0.3, -0.25) is 9.48 Å². The maximum absolute atomic E-state index is 12.4. The smallest absolute Gasteiger partial charge is 0.234 e. The number of nitrogens with zero attached hydrogens (tertiary/aromatic N) is 5. The molecule has 7 nitrogen and oxygen atoms in total. The summed E-state index contributed by atoms with van der Waals surface area (Å²) in [4.78, 5) is 12.4. The highest BCUT2D eigenvalue weighted by molar-refractivity contribution is 9.10. The first-order valence-corrected chi connectivity index (χ1v) is 11.5. The van der Waals surface area contributed by atoms with Crippen LogP contribution in [0, 0.1) is 0 Å². The fourth-order valence-corrected chi connectivity index (χ4v) is 4.27. The van der Waals surface area contributed by atoms with Crippen molar-refractivity contribution >= 4 is 39.3 Å². The van der Waals surface area contributed by atoms with Crippen LogP contribution in [0.5, 0.6) is 0 Å². The quantitative estimate of drug-likeness (QED) is 0.369. The molecule has 0 aliphatic rings. The van der Waals surface area contributed by atoms with Gasteiger partial charge in [0.2, 0.25) is 5.91 Å². The highest BCUT2D eigenvalue weighted by Crippen LogP contribution is 2.31. The monoisotopic (exact) mass is 496 g/mol. The van der Waals surface area contributed by atoms with Crippen LogP contribution in [0.1, 0.15) is 6.92 Å². The van der Waals surface area contributed by atoms with Crippen molar-refractivity contribution in [2.75, 3.05) is 11.1 Å². The standard InChI is InChI=1S/C22H21BrN6OS/c1-3-29-21(18-13-28(2)27-20(18)15-7-5-4-6-8-15)25-26-22(29)31-14-19(30)24-17-11-9-16(23)10-12-17/h4-13H,3,14H2,1-2H3,(H,24,30). The third kappa shape index (κ3) is 4.88. The molecule has 0 saturated carbocycles. The molecule has 2 heterocycles. The number of hydrogen-bond donors (Lipinski definition) is 1. The molecule has 0 aliphatic carbocycles. The van der Waals surface area contributed by atoms with E-state index in [1.165, 1.54) is 11.8 Å². The number of carbonyl (C=O) groups is 1. The highest BCUT2D eigenvalue weighted by Gasteiger charge is 2.20. The Morgan fingerprint density at radius 1 is 1.10 bits per heavy atom. The van der Waals surface area contributed by atoms with E-state index >= 15 is 0 Å². The van der Waals surface area contributed by atoms with Gasteiger partial charge in [-0.25, -0.2) is 0 Å². The van der Waals surface area contributed by atoms with Crippen molar-refractivity contribution in [1.82, 2.24) is 24.5 Å². The molecule has 158 valence electrons. The normalized spacial score (nSPS) is 10.9. The summed E-state index contributed by atoms with van der Waals surface area (Å²) in [5, 5.41) is 17.0. The molecule has 2 aromatic heterocycles. The lowest BCUT2D eigenvalue weighted by Gasteiger charge is -2.08. The van der Waals surface area contributed by atoms with E-state index in [1.807, 2.05) is 79.3 Å². The van der Waals surface area contributed by atoms with Gasteiger partial charge in [0.15, 0.2) is 11.0 Å². The van der Waals surface area contributed by atoms with Crippen LogP contribution in [-0.4, -0.2) is 36.2 Å². The number of hydrogen-bond acceptors (Lipinski definition) is 5.